The van der Waals surface area contributed by atoms with Crippen molar-refractivity contribution in [2.24, 2.45) is 17.6 Å². The molecule has 1 aliphatic heterocycles. The van der Waals surface area contributed by atoms with Crippen LogP contribution < -0.4 is 15.8 Å². The third-order valence-corrected chi connectivity index (χ3v) is 7.04. The zero-order valence-electron chi connectivity index (χ0n) is 21.2. The van der Waals surface area contributed by atoms with Crippen molar-refractivity contribution in [3.05, 3.63) is 47.3 Å². The molecule has 36 heavy (non-hydrogen) atoms. The van der Waals surface area contributed by atoms with E-state index in [0.717, 1.165) is 44.2 Å². The van der Waals surface area contributed by atoms with Crippen LogP contribution in [0.25, 0.3) is 0 Å². The minimum atomic E-state index is -0.679. The predicted molar refractivity (Wildman–Crippen MR) is 141 cm³/mol. The normalized spacial score (nSPS) is 23.4. The molecule has 7 heteroatoms. The highest BCUT2D eigenvalue weighted by Gasteiger charge is 2.26. The summed E-state index contributed by atoms with van der Waals surface area (Å²) in [5, 5.41) is 44.1. The van der Waals surface area contributed by atoms with Crippen molar-refractivity contribution in [3.63, 3.8) is 0 Å². The highest BCUT2D eigenvalue weighted by Crippen LogP contribution is 2.29. The number of aromatic hydroxyl groups is 1. The first-order chi connectivity index (χ1) is 17.5. The molecule has 0 saturated carbocycles. The SMILES string of the molecule is NC1=CC(CCCOc2cc(CC[C@@H](O)[C@H]3CC#C[C@@H](CCO)CCCC[C@@H]3O)ccc2O)=CCN1. The maximum Gasteiger partial charge on any atom is 0.161 e. The quantitative estimate of drug-likeness (QED) is 0.204. The molecule has 1 aromatic carbocycles. The van der Waals surface area contributed by atoms with Crippen LogP contribution in [0.3, 0.4) is 0 Å². The lowest BCUT2D eigenvalue weighted by molar-refractivity contribution is 0.00556. The first-order valence-electron chi connectivity index (χ1n) is 13.3. The number of aliphatic hydroxyl groups excluding tert-OH is 3. The molecule has 0 saturated heterocycles. The summed E-state index contributed by atoms with van der Waals surface area (Å²) in [5.74, 6) is 7.51. The van der Waals surface area contributed by atoms with E-state index in [1.54, 1.807) is 6.07 Å². The average molecular weight is 499 g/mol. The van der Waals surface area contributed by atoms with Gasteiger partial charge in [-0.3, -0.25) is 0 Å². The van der Waals surface area contributed by atoms with E-state index in [9.17, 15) is 20.4 Å². The van der Waals surface area contributed by atoms with Gasteiger partial charge in [-0.1, -0.05) is 30.9 Å². The van der Waals surface area contributed by atoms with E-state index in [1.165, 1.54) is 5.57 Å². The third kappa shape index (κ3) is 9.09. The maximum absolute atomic E-state index is 10.9. The van der Waals surface area contributed by atoms with Crippen molar-refractivity contribution in [1.82, 2.24) is 5.32 Å². The molecule has 4 atom stereocenters. The lowest BCUT2D eigenvalue weighted by atomic mass is 9.85. The Hall–Kier alpha value is -2.66. The van der Waals surface area contributed by atoms with Crippen LogP contribution in [0.1, 0.15) is 63.4 Å². The van der Waals surface area contributed by atoms with Crippen molar-refractivity contribution in [3.8, 4) is 23.3 Å². The largest absolute Gasteiger partial charge is 0.504 e. The van der Waals surface area contributed by atoms with E-state index in [4.69, 9.17) is 10.5 Å². The van der Waals surface area contributed by atoms with Crippen molar-refractivity contribution in [2.75, 3.05) is 19.8 Å². The standard InChI is InChI=1S/C29H42N2O5/c30-29-20-22(14-16-31-29)7-4-18-36-28-19-23(11-13-27(28)35)10-12-26(34)24-8-3-6-21(15-17-32)5-1-2-9-25(24)33/h11,13-14,19-21,24-26,31-35H,1-2,4-5,7-10,12,15-18,30H2/t21-,24-,25-,26+/m0/s1. The number of benzene rings is 1. The molecule has 7 nitrogen and oxygen atoms in total. The molecular formula is C29H42N2O5. The van der Waals surface area contributed by atoms with Crippen LogP contribution in [0.15, 0.2) is 41.7 Å². The number of nitrogens with one attached hydrogen (secondary N) is 1. The fourth-order valence-electron chi connectivity index (χ4n) is 4.85. The first kappa shape index (κ1) is 27.9. The van der Waals surface area contributed by atoms with Crippen LogP contribution in [0, 0.1) is 23.7 Å². The molecular weight excluding hydrogens is 456 g/mol. The zero-order valence-corrected chi connectivity index (χ0v) is 21.2. The van der Waals surface area contributed by atoms with Gasteiger partial charge >= 0.3 is 0 Å². The number of allylic oxidation sites excluding steroid dienone is 2. The van der Waals surface area contributed by atoms with Gasteiger partial charge in [-0.15, -0.1) is 5.92 Å². The van der Waals surface area contributed by atoms with E-state index in [-0.39, 0.29) is 24.2 Å². The number of aliphatic hydroxyl groups is 3. The van der Waals surface area contributed by atoms with Crippen LogP contribution in [-0.2, 0) is 6.42 Å². The van der Waals surface area contributed by atoms with Gasteiger partial charge in [-0.25, -0.2) is 0 Å². The molecule has 0 amide bonds. The Balaban J connectivity index is 1.51. The molecule has 2 aliphatic rings. The number of dihydropyridines is 1. The van der Waals surface area contributed by atoms with Gasteiger partial charge in [0, 0.05) is 31.4 Å². The van der Waals surface area contributed by atoms with E-state index >= 15 is 0 Å². The Morgan fingerprint density at radius 3 is 2.83 bits per heavy atom. The van der Waals surface area contributed by atoms with Gasteiger partial charge in [-0.05, 0) is 74.3 Å². The molecule has 1 aliphatic carbocycles. The lowest BCUT2D eigenvalue weighted by Crippen LogP contribution is -2.32. The van der Waals surface area contributed by atoms with Gasteiger partial charge < -0.3 is 36.2 Å². The van der Waals surface area contributed by atoms with Crippen LogP contribution in [0.5, 0.6) is 11.5 Å². The van der Waals surface area contributed by atoms with Crippen LogP contribution in [0.2, 0.25) is 0 Å². The van der Waals surface area contributed by atoms with Gasteiger partial charge in [0.2, 0.25) is 0 Å². The summed E-state index contributed by atoms with van der Waals surface area (Å²) in [7, 11) is 0. The second-order valence-corrected chi connectivity index (χ2v) is 9.87. The topological polar surface area (TPSA) is 128 Å². The summed E-state index contributed by atoms with van der Waals surface area (Å²) in [6, 6.07) is 5.29. The summed E-state index contributed by atoms with van der Waals surface area (Å²) in [5.41, 5.74) is 7.94. The Morgan fingerprint density at radius 2 is 2.03 bits per heavy atom. The molecule has 1 aromatic rings. The number of nitrogens with two attached hydrogens (primary N) is 1. The Bertz CT molecular complexity index is 949. The lowest BCUT2D eigenvalue weighted by Gasteiger charge is -2.27. The average Bonchev–Trinajstić information content (AvgIpc) is 2.86. The fraction of sp³-hybridized carbons (Fsp3) is 0.586. The monoisotopic (exact) mass is 498 g/mol. The highest BCUT2D eigenvalue weighted by molar-refractivity contribution is 5.42. The fourth-order valence-corrected chi connectivity index (χ4v) is 4.85. The molecule has 1 heterocycles. The number of aryl methyl sites for hydroxylation is 1. The minimum Gasteiger partial charge on any atom is -0.504 e. The Morgan fingerprint density at radius 1 is 1.19 bits per heavy atom. The molecule has 0 spiro atoms. The number of hydrogen-bond acceptors (Lipinski definition) is 7. The second kappa shape index (κ2) is 14.8. The van der Waals surface area contributed by atoms with E-state index < -0.39 is 12.2 Å². The third-order valence-electron chi connectivity index (χ3n) is 7.04. The van der Waals surface area contributed by atoms with Crippen molar-refractivity contribution in [2.45, 2.75) is 76.4 Å². The number of rotatable bonds is 11. The van der Waals surface area contributed by atoms with Crippen molar-refractivity contribution in [1.29, 1.82) is 0 Å². The summed E-state index contributed by atoms with van der Waals surface area (Å²) in [6.07, 6.45) is 10.1. The Labute approximate surface area is 215 Å². The molecule has 0 radical (unpaired) electrons. The molecule has 0 aromatic heterocycles. The van der Waals surface area contributed by atoms with Gasteiger partial charge in [0.25, 0.3) is 0 Å². The summed E-state index contributed by atoms with van der Waals surface area (Å²) >= 11 is 0. The Kier molecular flexibility index (Phi) is 11.5. The summed E-state index contributed by atoms with van der Waals surface area (Å²) in [4.78, 5) is 0. The maximum atomic E-state index is 10.9. The molecule has 0 unspecified atom stereocenters. The summed E-state index contributed by atoms with van der Waals surface area (Å²) < 4.78 is 5.84. The van der Waals surface area contributed by atoms with Crippen LogP contribution in [-0.4, -0.2) is 52.4 Å². The predicted octanol–water partition coefficient (Wildman–Crippen LogP) is 3.12. The van der Waals surface area contributed by atoms with Gasteiger partial charge in [-0.2, -0.15) is 0 Å². The first-order valence-corrected chi connectivity index (χ1v) is 13.3. The number of phenolic OH excluding ortho intramolecular Hbond substituents is 1. The highest BCUT2D eigenvalue weighted by atomic mass is 16.5. The van der Waals surface area contributed by atoms with Crippen LogP contribution in [0.4, 0.5) is 0 Å². The smallest absolute Gasteiger partial charge is 0.161 e. The molecule has 198 valence electrons. The van der Waals surface area contributed by atoms with Gasteiger partial charge in [0.1, 0.15) is 0 Å². The van der Waals surface area contributed by atoms with E-state index in [0.29, 0.717) is 50.3 Å². The molecule has 7 N–H and O–H groups in total. The van der Waals surface area contributed by atoms with Crippen LogP contribution >= 0.6 is 0 Å². The van der Waals surface area contributed by atoms with E-state index in [1.807, 2.05) is 18.2 Å². The minimum absolute atomic E-state index is 0.0972. The second-order valence-electron chi connectivity index (χ2n) is 9.87. The molecule has 0 bridgehead atoms. The van der Waals surface area contributed by atoms with Crippen molar-refractivity contribution < 1.29 is 25.2 Å². The summed E-state index contributed by atoms with van der Waals surface area (Å²) in [6.45, 7) is 1.35. The van der Waals surface area contributed by atoms with Gasteiger partial charge in [0.05, 0.1) is 24.6 Å². The van der Waals surface area contributed by atoms with E-state index in [2.05, 4.69) is 23.2 Å². The van der Waals surface area contributed by atoms with Crippen molar-refractivity contribution >= 4 is 0 Å². The zero-order chi connectivity index (χ0) is 25.8. The molecule has 3 rings (SSSR count). The number of phenols is 1. The molecule has 0 fully saturated rings. The number of hydrogen-bond donors (Lipinski definition) is 6. The van der Waals surface area contributed by atoms with Gasteiger partial charge in [0.15, 0.2) is 11.5 Å². The number of ether oxygens (including phenoxy) is 1.